The van der Waals surface area contributed by atoms with Crippen LogP contribution in [0, 0.1) is 23.2 Å². The van der Waals surface area contributed by atoms with Crippen LogP contribution in [0.25, 0.3) is 11.0 Å². The van der Waals surface area contributed by atoms with Gasteiger partial charge in [-0.2, -0.15) is 0 Å². The van der Waals surface area contributed by atoms with Gasteiger partial charge in [0.25, 0.3) is 0 Å². The maximum absolute atomic E-state index is 12.6. The maximum Gasteiger partial charge on any atom is 0.224 e. The van der Waals surface area contributed by atoms with Gasteiger partial charge < -0.3 is 14.5 Å². The van der Waals surface area contributed by atoms with Crippen molar-refractivity contribution in [1.82, 2.24) is 5.32 Å². The fraction of sp³-hybridized carbons (Fsp3) is 0.591. The smallest absolute Gasteiger partial charge is 0.224 e. The first-order valence-electron chi connectivity index (χ1n) is 9.93. The van der Waals surface area contributed by atoms with Crippen LogP contribution in [-0.4, -0.2) is 19.6 Å². The zero-order chi connectivity index (χ0) is 17.7. The molecule has 1 aromatic heterocycles. The van der Waals surface area contributed by atoms with Crippen LogP contribution in [0.15, 0.2) is 28.9 Å². The van der Waals surface area contributed by atoms with Crippen molar-refractivity contribution in [3.05, 3.63) is 30.0 Å². The van der Waals surface area contributed by atoms with Crippen molar-refractivity contribution in [1.29, 1.82) is 0 Å². The van der Waals surface area contributed by atoms with Crippen LogP contribution < -0.4 is 10.1 Å². The Bertz CT molecular complexity index is 802. The van der Waals surface area contributed by atoms with Crippen LogP contribution >= 0.6 is 0 Å². The molecule has 26 heavy (non-hydrogen) atoms. The van der Waals surface area contributed by atoms with Crippen LogP contribution in [0.3, 0.4) is 0 Å². The Labute approximate surface area is 154 Å². The number of methoxy groups -OCH3 is 1. The first kappa shape index (κ1) is 16.2. The molecule has 1 aromatic carbocycles. The number of fused-ring (bicyclic) bond motifs is 1. The standard InChI is InChI=1S/C22H27NO3/c1-25-18-2-3-19-17(12-26-20(19)8-18)7-21(24)23-13-22-9-14-4-15(10-22)6-16(5-14)11-22/h2-3,8,12,14-16H,4-7,9-11,13H2,1H3,(H,23,24). The minimum Gasteiger partial charge on any atom is -0.497 e. The molecular formula is C22H27NO3. The first-order chi connectivity index (χ1) is 12.6. The Hall–Kier alpha value is -1.97. The summed E-state index contributed by atoms with van der Waals surface area (Å²) in [5.41, 5.74) is 2.11. The Morgan fingerprint density at radius 3 is 2.54 bits per heavy atom. The van der Waals surface area contributed by atoms with Crippen molar-refractivity contribution < 1.29 is 13.9 Å². The van der Waals surface area contributed by atoms with Gasteiger partial charge in [-0.05, 0) is 73.8 Å². The van der Waals surface area contributed by atoms with E-state index >= 15 is 0 Å². The molecule has 2 aromatic rings. The van der Waals surface area contributed by atoms with Crippen molar-refractivity contribution in [2.45, 2.75) is 44.9 Å². The molecule has 4 aliphatic rings. The number of hydrogen-bond donors (Lipinski definition) is 1. The average Bonchev–Trinajstić information content (AvgIpc) is 3.01. The third-order valence-electron chi connectivity index (χ3n) is 7.04. The number of nitrogens with one attached hydrogen (secondary N) is 1. The second-order valence-electron chi connectivity index (χ2n) is 8.99. The molecule has 4 fully saturated rings. The van der Waals surface area contributed by atoms with Crippen molar-refractivity contribution in [2.24, 2.45) is 23.2 Å². The lowest BCUT2D eigenvalue weighted by atomic mass is 9.49. The molecule has 4 bridgehead atoms. The van der Waals surface area contributed by atoms with Crippen LogP contribution in [-0.2, 0) is 11.2 Å². The molecule has 4 heteroatoms. The lowest BCUT2D eigenvalue weighted by molar-refractivity contribution is -0.122. The number of ether oxygens (including phenoxy) is 1. The van der Waals surface area contributed by atoms with Crippen LogP contribution in [0.2, 0.25) is 0 Å². The normalized spacial score (nSPS) is 32.1. The molecule has 1 N–H and O–H groups in total. The summed E-state index contributed by atoms with van der Waals surface area (Å²) in [4.78, 5) is 12.6. The van der Waals surface area contributed by atoms with E-state index in [-0.39, 0.29) is 5.91 Å². The number of carbonyl (C=O) groups is 1. The fourth-order valence-electron chi connectivity index (χ4n) is 6.36. The predicted molar refractivity (Wildman–Crippen MR) is 100 cm³/mol. The molecule has 6 rings (SSSR count). The Morgan fingerprint density at radius 2 is 1.88 bits per heavy atom. The predicted octanol–water partition coefficient (Wildman–Crippen LogP) is 4.32. The topological polar surface area (TPSA) is 51.5 Å². The molecule has 0 radical (unpaired) electrons. The number of carbonyl (C=O) groups excluding carboxylic acids is 1. The van der Waals surface area contributed by atoms with Crippen molar-refractivity contribution in [3.8, 4) is 5.75 Å². The van der Waals surface area contributed by atoms with E-state index in [1.807, 2.05) is 18.2 Å². The van der Waals surface area contributed by atoms with E-state index in [0.29, 0.717) is 11.8 Å². The van der Waals surface area contributed by atoms with Gasteiger partial charge in [-0.1, -0.05) is 0 Å². The van der Waals surface area contributed by atoms with Gasteiger partial charge in [0.1, 0.15) is 11.3 Å². The zero-order valence-electron chi connectivity index (χ0n) is 15.4. The molecule has 4 saturated carbocycles. The van der Waals surface area contributed by atoms with Crippen molar-refractivity contribution >= 4 is 16.9 Å². The summed E-state index contributed by atoms with van der Waals surface area (Å²) < 4.78 is 10.8. The van der Waals surface area contributed by atoms with Gasteiger partial charge in [0.15, 0.2) is 0 Å². The van der Waals surface area contributed by atoms with Gasteiger partial charge in [-0.25, -0.2) is 0 Å². The first-order valence-corrected chi connectivity index (χ1v) is 9.93. The van der Waals surface area contributed by atoms with E-state index in [2.05, 4.69) is 5.32 Å². The number of amides is 1. The second-order valence-corrected chi connectivity index (χ2v) is 8.99. The average molecular weight is 353 g/mol. The Kier molecular flexibility index (Phi) is 3.77. The molecule has 0 unspecified atom stereocenters. The third-order valence-corrected chi connectivity index (χ3v) is 7.04. The third kappa shape index (κ3) is 2.80. The Morgan fingerprint density at radius 1 is 1.19 bits per heavy atom. The minimum atomic E-state index is 0.110. The van der Waals surface area contributed by atoms with E-state index < -0.39 is 0 Å². The van der Waals surface area contributed by atoms with Gasteiger partial charge >= 0.3 is 0 Å². The van der Waals surface area contributed by atoms with Crippen LogP contribution in [0.4, 0.5) is 0 Å². The van der Waals surface area contributed by atoms with Gasteiger partial charge in [0, 0.05) is 23.6 Å². The largest absolute Gasteiger partial charge is 0.497 e. The summed E-state index contributed by atoms with van der Waals surface area (Å²) in [5, 5.41) is 4.26. The quantitative estimate of drug-likeness (QED) is 0.871. The summed E-state index contributed by atoms with van der Waals surface area (Å²) in [7, 11) is 1.64. The summed E-state index contributed by atoms with van der Waals surface area (Å²) in [5.74, 6) is 3.65. The lowest BCUT2D eigenvalue weighted by Gasteiger charge is -2.56. The summed E-state index contributed by atoms with van der Waals surface area (Å²) in [6.45, 7) is 0.860. The highest BCUT2D eigenvalue weighted by molar-refractivity contribution is 5.88. The molecule has 0 spiro atoms. The highest BCUT2D eigenvalue weighted by Gasteiger charge is 2.50. The number of furan rings is 1. The second kappa shape index (κ2) is 6.04. The molecule has 4 aliphatic carbocycles. The summed E-state index contributed by atoms with van der Waals surface area (Å²) in [6.07, 6.45) is 10.4. The molecule has 0 saturated heterocycles. The van der Waals surface area contributed by atoms with Gasteiger partial charge in [-0.3, -0.25) is 4.79 Å². The Balaban J connectivity index is 1.24. The van der Waals surface area contributed by atoms with Gasteiger partial charge in [0.2, 0.25) is 5.91 Å². The molecule has 1 amide bonds. The highest BCUT2D eigenvalue weighted by Crippen LogP contribution is 2.59. The monoisotopic (exact) mass is 353 g/mol. The zero-order valence-corrected chi connectivity index (χ0v) is 15.4. The highest BCUT2D eigenvalue weighted by atomic mass is 16.5. The van der Waals surface area contributed by atoms with Crippen molar-refractivity contribution in [2.75, 3.05) is 13.7 Å². The summed E-state index contributed by atoms with van der Waals surface area (Å²) >= 11 is 0. The molecular weight excluding hydrogens is 326 g/mol. The van der Waals surface area contributed by atoms with Gasteiger partial charge in [-0.15, -0.1) is 0 Å². The van der Waals surface area contributed by atoms with Crippen LogP contribution in [0.5, 0.6) is 5.75 Å². The SMILES string of the molecule is COc1ccc2c(CC(=O)NCC34CC5CC(CC(C5)C3)C4)coc2c1. The maximum atomic E-state index is 12.6. The summed E-state index contributed by atoms with van der Waals surface area (Å²) in [6, 6.07) is 5.75. The van der Waals surface area contributed by atoms with Crippen LogP contribution in [0.1, 0.15) is 44.1 Å². The van der Waals surface area contributed by atoms with E-state index in [1.165, 1.54) is 38.5 Å². The van der Waals surface area contributed by atoms with E-state index in [4.69, 9.17) is 9.15 Å². The molecule has 0 aliphatic heterocycles. The fourth-order valence-corrected chi connectivity index (χ4v) is 6.36. The molecule has 0 atom stereocenters. The number of hydrogen-bond acceptors (Lipinski definition) is 3. The minimum absolute atomic E-state index is 0.110. The van der Waals surface area contributed by atoms with E-state index in [9.17, 15) is 4.79 Å². The lowest BCUT2D eigenvalue weighted by Crippen LogP contribution is -2.51. The molecule has 4 nitrogen and oxygen atoms in total. The molecule has 1 heterocycles. The van der Waals surface area contributed by atoms with Gasteiger partial charge in [0.05, 0.1) is 19.8 Å². The van der Waals surface area contributed by atoms with Crippen molar-refractivity contribution in [3.63, 3.8) is 0 Å². The molecule has 138 valence electrons. The number of benzene rings is 1. The van der Waals surface area contributed by atoms with E-state index in [0.717, 1.165) is 46.6 Å². The van der Waals surface area contributed by atoms with E-state index in [1.54, 1.807) is 13.4 Å². The number of rotatable bonds is 5.